The second-order valence-electron chi connectivity index (χ2n) is 19.5. The molecule has 0 unspecified atom stereocenters. The largest absolute Gasteiger partial charge is 0.449 e. The van der Waals surface area contributed by atoms with Crippen molar-refractivity contribution in [3.05, 3.63) is 108 Å². The number of alkyl carbamates (subject to hydrolysis) is 1. The second-order valence-corrected chi connectivity index (χ2v) is 19.5. The third kappa shape index (κ3) is 11.5. The third-order valence-electron chi connectivity index (χ3n) is 12.9. The monoisotopic (exact) mass is 848 g/mol. The molecule has 4 atom stereocenters. The summed E-state index contributed by atoms with van der Waals surface area (Å²) in [5.41, 5.74) is 4.43. The summed E-state index contributed by atoms with van der Waals surface area (Å²) in [7, 11) is 0. The highest BCUT2D eigenvalue weighted by molar-refractivity contribution is 5.93. The van der Waals surface area contributed by atoms with Gasteiger partial charge in [-0.3, -0.25) is 14.4 Å². The van der Waals surface area contributed by atoms with Gasteiger partial charge in [-0.15, -0.1) is 0 Å². The fourth-order valence-electron chi connectivity index (χ4n) is 10.1. The van der Waals surface area contributed by atoms with Crippen LogP contribution in [0.15, 0.2) is 91.0 Å². The molecule has 2 fully saturated rings. The molecule has 3 aromatic rings. The summed E-state index contributed by atoms with van der Waals surface area (Å²) in [4.78, 5) is 57.6. The van der Waals surface area contributed by atoms with Crippen molar-refractivity contribution >= 4 is 23.8 Å². The minimum Gasteiger partial charge on any atom is -0.449 e. The van der Waals surface area contributed by atoms with Gasteiger partial charge in [0.15, 0.2) is 0 Å². The average molecular weight is 848 g/mol. The zero-order chi connectivity index (χ0) is 44.6. The quantitative estimate of drug-likeness (QED) is 0.0791. The van der Waals surface area contributed by atoms with Crippen molar-refractivity contribution in [2.75, 3.05) is 19.7 Å². The van der Waals surface area contributed by atoms with Crippen molar-refractivity contribution in [2.45, 2.75) is 135 Å². The number of benzene rings is 3. The molecular weight excluding hydrogens is 779 g/mol. The molecule has 2 saturated heterocycles. The van der Waals surface area contributed by atoms with Gasteiger partial charge in [-0.05, 0) is 119 Å². The van der Waals surface area contributed by atoms with Crippen molar-refractivity contribution in [1.82, 2.24) is 25.9 Å². The first-order valence-corrected chi connectivity index (χ1v) is 22.8. The first-order valence-electron chi connectivity index (χ1n) is 22.8. The molecule has 11 nitrogen and oxygen atoms in total. The van der Waals surface area contributed by atoms with E-state index in [4.69, 9.17) is 4.74 Å². The number of nitrogens with zero attached hydrogens (tertiary/aromatic N) is 2. The second kappa shape index (κ2) is 20.5. The predicted molar refractivity (Wildman–Crippen MR) is 243 cm³/mol. The molecule has 0 bridgehead atoms. The lowest BCUT2D eigenvalue weighted by molar-refractivity contribution is -0.246. The van der Waals surface area contributed by atoms with E-state index < -0.39 is 35.2 Å². The lowest BCUT2D eigenvalue weighted by Crippen LogP contribution is -2.64. The van der Waals surface area contributed by atoms with Gasteiger partial charge in [0.1, 0.15) is 18.7 Å². The van der Waals surface area contributed by atoms with Crippen LogP contribution >= 0.6 is 0 Å². The molecule has 62 heavy (non-hydrogen) atoms. The highest BCUT2D eigenvalue weighted by Gasteiger charge is 2.46. The summed E-state index contributed by atoms with van der Waals surface area (Å²) in [6.45, 7) is 15.2. The molecule has 3 aromatic carbocycles. The number of carbonyl (C=O) groups is 4. The van der Waals surface area contributed by atoms with Gasteiger partial charge in [0.05, 0.1) is 5.92 Å². The molecule has 2 heterocycles. The normalized spacial score (nSPS) is 20.0. The van der Waals surface area contributed by atoms with Crippen LogP contribution in [0.25, 0.3) is 11.1 Å². The molecule has 0 saturated carbocycles. The maximum atomic E-state index is 14.4. The number of hydroxylamine groups is 2. The zero-order valence-electron chi connectivity index (χ0n) is 37.9. The van der Waals surface area contributed by atoms with Crippen molar-refractivity contribution in [1.29, 1.82) is 0 Å². The van der Waals surface area contributed by atoms with Crippen LogP contribution in [0.3, 0.4) is 0 Å². The number of amides is 4. The van der Waals surface area contributed by atoms with Gasteiger partial charge < -0.3 is 30.8 Å². The Morgan fingerprint density at radius 3 is 2.10 bits per heavy atom. The van der Waals surface area contributed by atoms with Gasteiger partial charge in [0.25, 0.3) is 0 Å². The molecule has 334 valence electrons. The Balaban J connectivity index is 1.11. The molecule has 4 N–H and O–H groups in total. The number of hydrogen-bond donors (Lipinski definition) is 4. The molecule has 0 spiro atoms. The van der Waals surface area contributed by atoms with Crippen molar-refractivity contribution in [2.24, 2.45) is 17.8 Å². The van der Waals surface area contributed by atoms with Crippen LogP contribution in [0.4, 0.5) is 4.79 Å². The first-order chi connectivity index (χ1) is 29.5. The van der Waals surface area contributed by atoms with Gasteiger partial charge in [0.2, 0.25) is 17.7 Å². The maximum Gasteiger partial charge on any atom is 0.407 e. The third-order valence-corrected chi connectivity index (χ3v) is 12.9. The fraction of sp³-hybridized carbons (Fsp3) is 0.529. The Morgan fingerprint density at radius 1 is 0.855 bits per heavy atom. The Bertz CT molecular complexity index is 1980. The summed E-state index contributed by atoms with van der Waals surface area (Å²) in [6, 6.07) is 24.4. The Hall–Kier alpha value is -5.00. The number of piperidine rings is 1. The van der Waals surface area contributed by atoms with Crippen LogP contribution in [0, 0.1) is 17.8 Å². The Labute approximate surface area is 369 Å². The summed E-state index contributed by atoms with van der Waals surface area (Å²) in [6.07, 6.45) is 7.99. The van der Waals surface area contributed by atoms with E-state index in [9.17, 15) is 24.4 Å². The van der Waals surface area contributed by atoms with Crippen LogP contribution in [-0.4, -0.2) is 87.9 Å². The van der Waals surface area contributed by atoms with E-state index in [0.29, 0.717) is 56.9 Å². The van der Waals surface area contributed by atoms with E-state index in [0.717, 1.165) is 34.2 Å². The number of nitrogens with one attached hydrogen (secondary N) is 3. The Morgan fingerprint density at radius 2 is 1.47 bits per heavy atom. The van der Waals surface area contributed by atoms with Crippen LogP contribution in [0.1, 0.15) is 116 Å². The van der Waals surface area contributed by atoms with E-state index in [1.165, 1.54) is 5.06 Å². The molecular formula is C51H69N5O6. The molecule has 1 aliphatic carbocycles. The highest BCUT2D eigenvalue weighted by Crippen LogP contribution is 2.44. The summed E-state index contributed by atoms with van der Waals surface area (Å²) >= 11 is 0. The average Bonchev–Trinajstić information content (AvgIpc) is 3.85. The number of hydrogen-bond acceptors (Lipinski definition) is 7. The lowest BCUT2D eigenvalue weighted by atomic mass is 9.79. The number of allylic oxidation sites excluding steroid dienone is 1. The van der Waals surface area contributed by atoms with E-state index in [1.807, 2.05) is 88.4 Å². The summed E-state index contributed by atoms with van der Waals surface area (Å²) in [5, 5.41) is 21.4. The minimum atomic E-state index is -0.917. The Kier molecular flexibility index (Phi) is 15.3. The predicted octanol–water partition coefficient (Wildman–Crippen LogP) is 8.41. The molecule has 2 aliphatic heterocycles. The van der Waals surface area contributed by atoms with Gasteiger partial charge >= 0.3 is 6.09 Å². The summed E-state index contributed by atoms with van der Waals surface area (Å²) < 4.78 is 5.75. The fourth-order valence-corrected chi connectivity index (χ4v) is 10.1. The zero-order valence-corrected chi connectivity index (χ0v) is 37.9. The van der Waals surface area contributed by atoms with Crippen LogP contribution in [0.5, 0.6) is 0 Å². The summed E-state index contributed by atoms with van der Waals surface area (Å²) in [5.74, 6) is -0.453. The maximum absolute atomic E-state index is 14.4. The first kappa shape index (κ1) is 46.5. The van der Waals surface area contributed by atoms with E-state index in [1.54, 1.807) is 4.90 Å². The SMILES string of the molecule is CC(C)C[C@H](C)/C=C/[C@H](Cc1ccccc1)C(=O)N1CCC[C@H]1C(=O)N[C@@H](CCCNC(=O)OCC1c2ccccc2-c2ccccc21)C(=O)NC1CC(C)(C)N(O)C(C)(C)C1. The van der Waals surface area contributed by atoms with Crippen molar-refractivity contribution in [3.63, 3.8) is 0 Å². The molecule has 11 heteroatoms. The molecule has 6 rings (SSSR count). The van der Waals surface area contributed by atoms with E-state index in [2.05, 4.69) is 67.1 Å². The van der Waals surface area contributed by atoms with Crippen LogP contribution < -0.4 is 16.0 Å². The molecule has 0 aromatic heterocycles. The number of ether oxygens (including phenoxy) is 1. The van der Waals surface area contributed by atoms with Crippen molar-refractivity contribution in [3.8, 4) is 11.1 Å². The van der Waals surface area contributed by atoms with Crippen LogP contribution in [-0.2, 0) is 25.5 Å². The van der Waals surface area contributed by atoms with Gasteiger partial charge in [-0.25, -0.2) is 4.79 Å². The topological polar surface area (TPSA) is 140 Å². The van der Waals surface area contributed by atoms with E-state index in [-0.39, 0.29) is 49.3 Å². The molecule has 4 amide bonds. The smallest absolute Gasteiger partial charge is 0.407 e. The number of rotatable bonds is 17. The van der Waals surface area contributed by atoms with Gasteiger partial charge in [-0.2, -0.15) is 5.06 Å². The van der Waals surface area contributed by atoms with Crippen LogP contribution in [0.2, 0.25) is 0 Å². The highest BCUT2D eigenvalue weighted by atomic mass is 16.5. The molecule has 0 radical (unpaired) electrons. The number of carbonyl (C=O) groups excluding carboxylic acids is 4. The van der Waals surface area contributed by atoms with Crippen molar-refractivity contribution < 1.29 is 29.1 Å². The number of fused-ring (bicyclic) bond motifs is 3. The standard InChI is InChI=1S/C51H69N5O6/c1-34(2)29-35(3)25-26-37(30-36-17-9-8-10-18-36)48(59)55-28-16-24-45(55)47(58)54-44(46(57)53-38-31-50(4,5)56(61)51(6,7)32-38)23-15-27-52-49(60)62-33-43-41-21-13-11-19-39(41)40-20-12-14-22-42(40)43/h8-14,17-22,25-26,34-35,37-38,43-45,61H,15-16,23-24,27-33H2,1-7H3,(H,52,60)(H,53,57)(H,54,58)/b26-25+/t35-,37-,44+,45+/m1/s1. The molecule has 3 aliphatic rings. The van der Waals surface area contributed by atoms with Gasteiger partial charge in [0, 0.05) is 36.1 Å². The number of likely N-dealkylation sites (tertiary alicyclic amines) is 1. The van der Waals surface area contributed by atoms with E-state index >= 15 is 0 Å². The lowest BCUT2D eigenvalue weighted by Gasteiger charge is -2.51. The minimum absolute atomic E-state index is 0.0656. The van der Waals surface area contributed by atoms with Gasteiger partial charge in [-0.1, -0.05) is 112 Å².